The van der Waals surface area contributed by atoms with E-state index in [-0.39, 0.29) is 44.7 Å². The molecule has 1 aliphatic heterocycles. The summed E-state index contributed by atoms with van der Waals surface area (Å²) >= 11 is -0.0359. The number of benzene rings is 3. The Hall–Kier alpha value is -3.03. The van der Waals surface area contributed by atoms with E-state index in [0.29, 0.717) is 28.6 Å². The quantitative estimate of drug-likeness (QED) is 0.201. The van der Waals surface area contributed by atoms with Crippen molar-refractivity contribution >= 4 is 26.6 Å². The van der Waals surface area contributed by atoms with Crippen LogP contribution in [0.2, 0.25) is 5.32 Å². The van der Waals surface area contributed by atoms with E-state index in [4.69, 9.17) is 0 Å². The van der Waals surface area contributed by atoms with Crippen molar-refractivity contribution < 1.29 is 31.1 Å². The summed E-state index contributed by atoms with van der Waals surface area (Å²) in [6.07, 6.45) is -9.97. The fourth-order valence-electron chi connectivity index (χ4n) is 4.52. The molecule has 0 spiro atoms. The van der Waals surface area contributed by atoms with Crippen LogP contribution in [0.1, 0.15) is 41.7 Å². The molecular weight excluding hydrogens is 571 g/mol. The number of hydrogen-bond acceptors (Lipinski definition) is 1. The van der Waals surface area contributed by atoms with Crippen molar-refractivity contribution in [1.82, 2.24) is 4.90 Å². The zero-order valence-corrected chi connectivity index (χ0v) is 22.4. The van der Waals surface area contributed by atoms with E-state index in [2.05, 4.69) is 0 Å². The van der Waals surface area contributed by atoms with Crippen LogP contribution in [0.3, 0.4) is 0 Å². The summed E-state index contributed by atoms with van der Waals surface area (Å²) in [6, 6.07) is 20.1. The second-order valence-electron chi connectivity index (χ2n) is 9.46. The first-order chi connectivity index (χ1) is 17.8. The summed E-state index contributed by atoms with van der Waals surface area (Å²) in [5, 5.41) is 1.21. The maximum absolute atomic E-state index is 13.9. The fraction of sp³-hybridized carbons (Fsp3) is 0.276. The van der Waals surface area contributed by atoms with Gasteiger partial charge >= 0.3 is 224 Å². The van der Waals surface area contributed by atoms with Crippen LogP contribution in [0.15, 0.2) is 84.4 Å². The molecule has 1 aliphatic rings. The van der Waals surface area contributed by atoms with E-state index in [1.165, 1.54) is 4.90 Å². The number of alkyl halides is 6. The van der Waals surface area contributed by atoms with Crippen LogP contribution in [0.5, 0.6) is 0 Å². The van der Waals surface area contributed by atoms with Gasteiger partial charge in [-0.15, -0.1) is 0 Å². The van der Waals surface area contributed by atoms with Gasteiger partial charge in [0, 0.05) is 0 Å². The van der Waals surface area contributed by atoms with E-state index < -0.39 is 28.9 Å². The van der Waals surface area contributed by atoms with Crippen molar-refractivity contribution in [2.45, 2.75) is 43.4 Å². The second kappa shape index (κ2) is 10.6. The Morgan fingerprint density at radius 3 is 1.79 bits per heavy atom. The van der Waals surface area contributed by atoms with Gasteiger partial charge in [0.1, 0.15) is 0 Å². The van der Waals surface area contributed by atoms with Crippen LogP contribution in [0.4, 0.5) is 26.3 Å². The van der Waals surface area contributed by atoms with Gasteiger partial charge in [0.05, 0.1) is 0 Å². The Labute approximate surface area is 223 Å². The standard InChI is InChI=1S/C29H25F6NOSe/c1-19-25(22-13-23(28(30,31)32)15-24(14-22)29(33,34)35)36(16-20-9-5-3-6-10-20)26(37)27(19,2)18-38-17-21-11-7-4-8-12-21/h3-15H,16-18H2,1-2H3. The molecule has 0 aromatic heterocycles. The van der Waals surface area contributed by atoms with Gasteiger partial charge in [-0.05, 0) is 0 Å². The Bertz CT molecular complexity index is 1300. The summed E-state index contributed by atoms with van der Waals surface area (Å²) in [6.45, 7) is 3.41. The zero-order valence-electron chi connectivity index (χ0n) is 20.7. The Morgan fingerprint density at radius 2 is 1.29 bits per heavy atom. The van der Waals surface area contributed by atoms with Gasteiger partial charge in [0.25, 0.3) is 0 Å². The molecule has 3 aromatic rings. The molecule has 1 heterocycles. The van der Waals surface area contributed by atoms with Crippen molar-refractivity contribution in [1.29, 1.82) is 0 Å². The van der Waals surface area contributed by atoms with Gasteiger partial charge in [-0.2, -0.15) is 0 Å². The van der Waals surface area contributed by atoms with Crippen LogP contribution in [-0.4, -0.2) is 25.8 Å². The third-order valence-electron chi connectivity index (χ3n) is 6.72. The van der Waals surface area contributed by atoms with Crippen molar-refractivity contribution in [3.8, 4) is 0 Å². The predicted molar refractivity (Wildman–Crippen MR) is 135 cm³/mol. The van der Waals surface area contributed by atoms with E-state index in [1.807, 2.05) is 30.3 Å². The molecule has 0 N–H and O–H groups in total. The molecule has 38 heavy (non-hydrogen) atoms. The number of amides is 1. The maximum atomic E-state index is 13.9. The number of carbonyl (C=O) groups is 1. The Morgan fingerprint density at radius 1 is 0.789 bits per heavy atom. The van der Waals surface area contributed by atoms with Crippen LogP contribution >= 0.6 is 0 Å². The first kappa shape index (κ1) is 28.0. The van der Waals surface area contributed by atoms with Crippen LogP contribution in [0, 0.1) is 5.41 Å². The van der Waals surface area contributed by atoms with Gasteiger partial charge in [0.2, 0.25) is 0 Å². The molecule has 1 unspecified atom stereocenters. The summed E-state index contributed by atoms with van der Waals surface area (Å²) in [5.74, 6) is -0.324. The summed E-state index contributed by atoms with van der Waals surface area (Å²) in [5.41, 5.74) is -1.73. The topological polar surface area (TPSA) is 20.3 Å². The monoisotopic (exact) mass is 597 g/mol. The molecule has 0 saturated carbocycles. The minimum atomic E-state index is -4.99. The molecule has 0 saturated heterocycles. The molecule has 0 radical (unpaired) electrons. The average Bonchev–Trinajstić information content (AvgIpc) is 3.05. The minimum absolute atomic E-state index is 0.0330. The van der Waals surface area contributed by atoms with Crippen LogP contribution < -0.4 is 0 Å². The summed E-state index contributed by atoms with van der Waals surface area (Å²) < 4.78 is 82.0. The molecule has 1 atom stereocenters. The third-order valence-corrected chi connectivity index (χ3v) is 9.48. The zero-order chi connectivity index (χ0) is 27.7. The molecule has 9 heteroatoms. The number of nitrogens with zero attached hydrogens (tertiary/aromatic N) is 1. The van der Waals surface area contributed by atoms with Gasteiger partial charge < -0.3 is 0 Å². The Balaban J connectivity index is 1.80. The van der Waals surface area contributed by atoms with E-state index in [9.17, 15) is 31.1 Å². The third kappa shape index (κ3) is 5.84. The molecule has 1 amide bonds. The number of rotatable bonds is 7. The Kier molecular flexibility index (Phi) is 7.82. The molecule has 0 aliphatic carbocycles. The van der Waals surface area contributed by atoms with Crippen LogP contribution in [0.25, 0.3) is 5.70 Å². The van der Waals surface area contributed by atoms with E-state index >= 15 is 0 Å². The fourth-order valence-corrected chi connectivity index (χ4v) is 7.20. The van der Waals surface area contributed by atoms with Gasteiger partial charge in [-0.1, -0.05) is 0 Å². The van der Waals surface area contributed by atoms with Crippen molar-refractivity contribution in [2.75, 3.05) is 0 Å². The normalized spacial score (nSPS) is 18.4. The van der Waals surface area contributed by atoms with Crippen molar-refractivity contribution in [3.05, 3.63) is 112 Å². The van der Waals surface area contributed by atoms with Gasteiger partial charge in [0.15, 0.2) is 0 Å². The first-order valence-corrected chi connectivity index (χ1v) is 14.2. The van der Waals surface area contributed by atoms with Crippen LogP contribution in [-0.2, 0) is 29.0 Å². The molecule has 4 rings (SSSR count). The number of carbonyl (C=O) groups excluding carboxylic acids is 1. The molecule has 2 nitrogen and oxygen atoms in total. The second-order valence-corrected chi connectivity index (χ2v) is 11.5. The van der Waals surface area contributed by atoms with Gasteiger partial charge in [-0.3, -0.25) is 0 Å². The summed E-state index contributed by atoms with van der Waals surface area (Å²) in [4.78, 5) is 15.2. The molecule has 0 bridgehead atoms. The molecule has 3 aromatic carbocycles. The molecule has 200 valence electrons. The van der Waals surface area contributed by atoms with E-state index in [0.717, 1.165) is 10.9 Å². The number of hydrogen-bond donors (Lipinski definition) is 0. The molecule has 0 fully saturated rings. The number of halogens is 6. The van der Waals surface area contributed by atoms with Crippen molar-refractivity contribution in [3.63, 3.8) is 0 Å². The average molecular weight is 596 g/mol. The van der Waals surface area contributed by atoms with Gasteiger partial charge in [-0.25, -0.2) is 0 Å². The first-order valence-electron chi connectivity index (χ1n) is 11.8. The van der Waals surface area contributed by atoms with Crippen molar-refractivity contribution in [2.24, 2.45) is 5.41 Å². The summed E-state index contributed by atoms with van der Waals surface area (Å²) in [7, 11) is 0. The SMILES string of the molecule is CC1=C(c2cc(C(F)(F)F)cc(C(F)(F)F)c2)N(Cc2ccccc2)C(=O)C1(C)C[Se]Cc1ccccc1. The predicted octanol–water partition coefficient (Wildman–Crippen LogP) is 7.83. The van der Waals surface area contributed by atoms with E-state index in [1.54, 1.807) is 44.2 Å². The molecular formula is C29H25F6NOSe.